The predicted molar refractivity (Wildman–Crippen MR) is 115 cm³/mol. The molecule has 0 aromatic heterocycles. The monoisotopic (exact) mass is 434 g/mol. The predicted octanol–water partition coefficient (Wildman–Crippen LogP) is 5.25. The molecule has 0 aliphatic carbocycles. The highest BCUT2D eigenvalue weighted by Gasteiger charge is 2.57. The Balaban J connectivity index is 2.20. The van der Waals surface area contributed by atoms with Crippen LogP contribution in [0.1, 0.15) is 51.7 Å². The van der Waals surface area contributed by atoms with E-state index in [9.17, 15) is 18.2 Å². The molecule has 1 heterocycles. The van der Waals surface area contributed by atoms with Crippen molar-refractivity contribution in [1.29, 1.82) is 0 Å². The maximum Gasteiger partial charge on any atom is 0.165 e. The molecule has 0 unspecified atom stereocenters. The Morgan fingerprint density at radius 1 is 0.966 bits per heavy atom. The lowest BCUT2D eigenvalue weighted by Gasteiger charge is -2.41. The first-order valence-corrected chi connectivity index (χ1v) is 11.0. The van der Waals surface area contributed by atoms with Crippen LogP contribution >= 0.6 is 11.6 Å². The van der Waals surface area contributed by atoms with E-state index in [0.29, 0.717) is 23.1 Å². The second kappa shape index (κ2) is 7.44. The highest BCUT2D eigenvalue weighted by molar-refractivity contribution is 7.89. The lowest BCUT2D eigenvalue weighted by atomic mass is 9.77. The van der Waals surface area contributed by atoms with Gasteiger partial charge >= 0.3 is 0 Å². The molecule has 0 amide bonds. The number of carbonyl (C=O) groups excluding carboxylic acids is 2. The van der Waals surface area contributed by atoms with Crippen LogP contribution < -0.4 is 0 Å². The quantitative estimate of drug-likeness (QED) is 0.620. The summed E-state index contributed by atoms with van der Waals surface area (Å²) in [5.74, 6) is -2.21. The Morgan fingerprint density at radius 3 is 2.00 bits per heavy atom. The van der Waals surface area contributed by atoms with Gasteiger partial charge in [0.2, 0.25) is 0 Å². The molecule has 2 aromatic rings. The second-order valence-corrected chi connectivity index (χ2v) is 11.3. The van der Waals surface area contributed by atoms with E-state index in [1.165, 1.54) is 12.1 Å². The molecule has 1 aliphatic rings. The SMILES string of the molecule is CCc1ccc(-c2ccc(Cl)c(F)c2)cc1C1C(=O)C(C)(C)S(=O)C(C)(C)C1=O. The zero-order valence-electron chi connectivity index (χ0n) is 17.1. The number of aryl methyl sites for hydroxylation is 1. The van der Waals surface area contributed by atoms with E-state index < -0.39 is 32.0 Å². The van der Waals surface area contributed by atoms with Gasteiger partial charge in [0.25, 0.3) is 0 Å². The molecule has 3 nitrogen and oxygen atoms in total. The van der Waals surface area contributed by atoms with Crippen molar-refractivity contribution in [2.75, 3.05) is 0 Å². The third-order valence-electron chi connectivity index (χ3n) is 5.73. The van der Waals surface area contributed by atoms with Crippen molar-refractivity contribution in [2.24, 2.45) is 0 Å². The second-order valence-electron chi connectivity index (χ2n) is 8.35. The maximum atomic E-state index is 14.0. The van der Waals surface area contributed by atoms with Crippen LogP contribution in [0.2, 0.25) is 5.02 Å². The zero-order chi connectivity index (χ0) is 21.7. The Labute approximate surface area is 178 Å². The van der Waals surface area contributed by atoms with Crippen LogP contribution in [0.3, 0.4) is 0 Å². The number of benzene rings is 2. The van der Waals surface area contributed by atoms with Crippen LogP contribution in [0.15, 0.2) is 36.4 Å². The molecule has 29 heavy (non-hydrogen) atoms. The standard InChI is InChI=1S/C23H24ClFO3S/c1-6-13-7-8-14(15-9-10-17(24)18(25)12-15)11-16(13)19-20(26)22(2,3)29(28)23(4,5)21(19)27/h7-12,19H,6H2,1-5H3. The van der Waals surface area contributed by atoms with Gasteiger partial charge in [0.1, 0.15) is 21.2 Å². The van der Waals surface area contributed by atoms with E-state index in [2.05, 4.69) is 0 Å². The van der Waals surface area contributed by atoms with Crippen molar-refractivity contribution in [3.8, 4) is 11.1 Å². The fourth-order valence-corrected chi connectivity index (χ4v) is 5.95. The summed E-state index contributed by atoms with van der Waals surface area (Å²) < 4.78 is 24.6. The smallest absolute Gasteiger partial charge is 0.165 e. The molecule has 1 fully saturated rings. The fraction of sp³-hybridized carbons (Fsp3) is 0.391. The maximum absolute atomic E-state index is 14.0. The van der Waals surface area contributed by atoms with Crippen molar-refractivity contribution in [3.05, 3.63) is 58.4 Å². The Hall–Kier alpha value is -1.85. The summed E-state index contributed by atoms with van der Waals surface area (Å²) in [6, 6.07) is 10.00. The van der Waals surface area contributed by atoms with Crippen LogP contribution in [0, 0.1) is 5.82 Å². The summed E-state index contributed by atoms with van der Waals surface area (Å²) in [6.45, 7) is 8.49. The molecule has 0 radical (unpaired) electrons. The largest absolute Gasteiger partial charge is 0.297 e. The lowest BCUT2D eigenvalue weighted by molar-refractivity contribution is -0.132. The summed E-state index contributed by atoms with van der Waals surface area (Å²) in [6.07, 6.45) is 0.631. The van der Waals surface area contributed by atoms with Gasteiger partial charge in [0.15, 0.2) is 11.6 Å². The van der Waals surface area contributed by atoms with E-state index in [-0.39, 0.29) is 16.6 Å². The molecule has 1 aliphatic heterocycles. The first-order chi connectivity index (χ1) is 13.4. The number of hydrogen-bond donors (Lipinski definition) is 0. The molecule has 0 saturated carbocycles. The van der Waals surface area contributed by atoms with Gasteiger partial charge in [-0.05, 0) is 74.6 Å². The van der Waals surface area contributed by atoms with Crippen molar-refractivity contribution >= 4 is 34.0 Å². The van der Waals surface area contributed by atoms with Gasteiger partial charge in [0, 0.05) is 10.8 Å². The summed E-state index contributed by atoms with van der Waals surface area (Å²) in [5, 5.41) is 0.0303. The molecule has 154 valence electrons. The molecule has 0 N–H and O–H groups in total. The van der Waals surface area contributed by atoms with Gasteiger partial charge in [-0.1, -0.05) is 36.7 Å². The summed E-state index contributed by atoms with van der Waals surface area (Å²) in [5.41, 5.74) is 2.77. The topological polar surface area (TPSA) is 51.2 Å². The van der Waals surface area contributed by atoms with Gasteiger partial charge in [0.05, 0.1) is 5.02 Å². The molecular formula is C23H24ClFO3S. The first-order valence-electron chi connectivity index (χ1n) is 9.51. The normalized spacial score (nSPS) is 23.3. The van der Waals surface area contributed by atoms with Gasteiger partial charge in [-0.15, -0.1) is 0 Å². The third kappa shape index (κ3) is 3.49. The Kier molecular flexibility index (Phi) is 5.61. The Morgan fingerprint density at radius 2 is 1.48 bits per heavy atom. The molecule has 2 aromatic carbocycles. The van der Waals surface area contributed by atoms with Crippen LogP contribution in [-0.2, 0) is 26.8 Å². The van der Waals surface area contributed by atoms with E-state index in [1.54, 1.807) is 39.8 Å². The van der Waals surface area contributed by atoms with Crippen LogP contribution in [0.5, 0.6) is 0 Å². The van der Waals surface area contributed by atoms with Crippen molar-refractivity contribution in [1.82, 2.24) is 0 Å². The van der Waals surface area contributed by atoms with Crippen molar-refractivity contribution < 1.29 is 18.2 Å². The molecule has 0 bridgehead atoms. The highest BCUT2D eigenvalue weighted by Crippen LogP contribution is 2.43. The van der Waals surface area contributed by atoms with Gasteiger partial charge < -0.3 is 0 Å². The fourth-order valence-electron chi connectivity index (χ4n) is 3.96. The number of hydrogen-bond acceptors (Lipinski definition) is 3. The van der Waals surface area contributed by atoms with Gasteiger partial charge in [-0.3, -0.25) is 13.8 Å². The van der Waals surface area contributed by atoms with E-state index in [0.717, 1.165) is 5.56 Å². The van der Waals surface area contributed by atoms with E-state index >= 15 is 0 Å². The average Bonchev–Trinajstić information content (AvgIpc) is 2.68. The molecule has 1 saturated heterocycles. The summed E-state index contributed by atoms with van der Waals surface area (Å²) in [4.78, 5) is 26.6. The number of Topliss-reactive ketones (excluding diaryl/α,β-unsaturated/α-hetero) is 2. The number of carbonyl (C=O) groups is 2. The van der Waals surface area contributed by atoms with Crippen LogP contribution in [0.4, 0.5) is 4.39 Å². The minimum atomic E-state index is -1.63. The zero-order valence-corrected chi connectivity index (χ0v) is 18.7. The first kappa shape index (κ1) is 21.8. The highest BCUT2D eigenvalue weighted by atomic mass is 35.5. The molecule has 0 atom stereocenters. The number of ketones is 2. The van der Waals surface area contributed by atoms with Crippen LogP contribution in [-0.4, -0.2) is 25.3 Å². The lowest BCUT2D eigenvalue weighted by Crippen LogP contribution is -2.59. The van der Waals surface area contributed by atoms with Crippen LogP contribution in [0.25, 0.3) is 11.1 Å². The number of rotatable bonds is 3. The summed E-state index contributed by atoms with van der Waals surface area (Å²) in [7, 11) is -1.63. The Bertz CT molecular complexity index is 1010. The van der Waals surface area contributed by atoms with Crippen molar-refractivity contribution in [3.63, 3.8) is 0 Å². The van der Waals surface area contributed by atoms with Gasteiger partial charge in [-0.2, -0.15) is 0 Å². The van der Waals surface area contributed by atoms with E-state index in [1.807, 2.05) is 19.1 Å². The molecular weight excluding hydrogens is 411 g/mol. The molecule has 6 heteroatoms. The van der Waals surface area contributed by atoms with Gasteiger partial charge in [-0.25, -0.2) is 4.39 Å². The average molecular weight is 435 g/mol. The third-order valence-corrected chi connectivity index (χ3v) is 8.29. The van der Waals surface area contributed by atoms with Crippen molar-refractivity contribution in [2.45, 2.75) is 56.5 Å². The molecule has 3 rings (SSSR count). The molecule has 0 spiro atoms. The number of halogens is 2. The minimum absolute atomic E-state index is 0.0303. The minimum Gasteiger partial charge on any atom is -0.297 e. The summed E-state index contributed by atoms with van der Waals surface area (Å²) >= 11 is 5.79. The van der Waals surface area contributed by atoms with E-state index in [4.69, 9.17) is 11.6 Å².